The van der Waals surface area contributed by atoms with Crippen molar-refractivity contribution in [3.05, 3.63) is 18.0 Å². The maximum atomic E-state index is 4.27. The summed E-state index contributed by atoms with van der Waals surface area (Å²) in [5.41, 5.74) is 1.35. The van der Waals surface area contributed by atoms with Gasteiger partial charge in [-0.05, 0) is 68.6 Å². The van der Waals surface area contributed by atoms with Gasteiger partial charge in [-0.25, -0.2) is 0 Å². The fourth-order valence-corrected chi connectivity index (χ4v) is 4.21. The highest BCUT2D eigenvalue weighted by molar-refractivity contribution is 7.99. The molecule has 0 aliphatic carbocycles. The van der Waals surface area contributed by atoms with E-state index in [1.165, 1.54) is 49.3 Å². The van der Waals surface area contributed by atoms with Gasteiger partial charge >= 0.3 is 0 Å². The number of nitrogens with zero attached hydrogens (tertiary/aromatic N) is 2. The summed E-state index contributed by atoms with van der Waals surface area (Å²) < 4.78 is 2.01. The van der Waals surface area contributed by atoms with Crippen LogP contribution in [0.3, 0.4) is 0 Å². The summed E-state index contributed by atoms with van der Waals surface area (Å²) in [6, 6.07) is 2.83. The molecular formula is C16H29N3S. The van der Waals surface area contributed by atoms with Crippen LogP contribution in [0.4, 0.5) is 0 Å². The molecule has 1 N–H and O–H groups in total. The van der Waals surface area contributed by atoms with Gasteiger partial charge < -0.3 is 5.32 Å². The monoisotopic (exact) mass is 295 g/mol. The zero-order chi connectivity index (χ0) is 14.2. The minimum absolute atomic E-state index is 0.679. The Morgan fingerprint density at radius 1 is 1.45 bits per heavy atom. The lowest BCUT2D eigenvalue weighted by molar-refractivity contribution is 0.349. The first-order valence-electron chi connectivity index (χ1n) is 8.07. The smallest absolute Gasteiger partial charge is 0.0492 e. The third-order valence-electron chi connectivity index (χ3n) is 4.31. The maximum Gasteiger partial charge on any atom is 0.0492 e. The molecule has 0 spiro atoms. The van der Waals surface area contributed by atoms with Crippen LogP contribution in [-0.2, 0) is 13.5 Å². The van der Waals surface area contributed by atoms with Gasteiger partial charge in [-0.1, -0.05) is 6.92 Å². The minimum Gasteiger partial charge on any atom is -0.314 e. The molecule has 0 radical (unpaired) electrons. The number of aryl methyl sites for hydroxylation is 2. The first-order chi connectivity index (χ1) is 9.79. The van der Waals surface area contributed by atoms with E-state index in [1.54, 1.807) is 0 Å². The molecule has 1 aromatic rings. The molecule has 0 aromatic carbocycles. The number of nitrogens with one attached hydrogen (secondary N) is 1. The molecule has 1 unspecified atom stereocenters. The Kier molecular flexibility index (Phi) is 6.94. The molecule has 1 aromatic heterocycles. The van der Waals surface area contributed by atoms with Gasteiger partial charge in [-0.3, -0.25) is 4.68 Å². The molecular weight excluding hydrogens is 266 g/mol. The van der Waals surface area contributed by atoms with Crippen molar-refractivity contribution >= 4 is 11.8 Å². The van der Waals surface area contributed by atoms with Gasteiger partial charge in [-0.2, -0.15) is 16.9 Å². The summed E-state index contributed by atoms with van der Waals surface area (Å²) >= 11 is 2.12. The van der Waals surface area contributed by atoms with E-state index in [1.807, 2.05) is 17.9 Å². The van der Waals surface area contributed by atoms with Crippen LogP contribution in [-0.4, -0.2) is 33.9 Å². The van der Waals surface area contributed by atoms with Crippen LogP contribution in [0.15, 0.2) is 12.3 Å². The highest BCUT2D eigenvalue weighted by Gasteiger charge is 2.19. The van der Waals surface area contributed by atoms with E-state index >= 15 is 0 Å². The Labute approximate surface area is 127 Å². The molecule has 0 amide bonds. The third-order valence-corrected chi connectivity index (χ3v) is 5.36. The summed E-state index contributed by atoms with van der Waals surface area (Å²) in [7, 11) is 2.04. The van der Waals surface area contributed by atoms with Gasteiger partial charge in [0.05, 0.1) is 0 Å². The number of aromatic nitrogens is 2. The van der Waals surface area contributed by atoms with E-state index < -0.39 is 0 Å². The van der Waals surface area contributed by atoms with E-state index in [0.29, 0.717) is 6.04 Å². The van der Waals surface area contributed by atoms with Crippen LogP contribution in [0.1, 0.15) is 44.7 Å². The molecule has 2 heterocycles. The SMILES string of the molecule is CCCNC(CCc1ccnn1C)CC1CCSCC1. The Bertz CT molecular complexity index is 372. The van der Waals surface area contributed by atoms with Gasteiger partial charge in [0.15, 0.2) is 0 Å². The molecule has 114 valence electrons. The maximum absolute atomic E-state index is 4.27. The van der Waals surface area contributed by atoms with E-state index in [9.17, 15) is 0 Å². The highest BCUT2D eigenvalue weighted by Crippen LogP contribution is 2.27. The van der Waals surface area contributed by atoms with Gasteiger partial charge in [0.1, 0.15) is 0 Å². The van der Waals surface area contributed by atoms with Crippen molar-refractivity contribution in [3.8, 4) is 0 Å². The topological polar surface area (TPSA) is 29.9 Å². The standard InChI is InChI=1S/C16H29N3S/c1-3-9-17-15(13-14-7-11-20-12-8-14)4-5-16-6-10-18-19(16)2/h6,10,14-15,17H,3-5,7-9,11-13H2,1-2H3. The zero-order valence-electron chi connectivity index (χ0n) is 13.0. The van der Waals surface area contributed by atoms with E-state index in [4.69, 9.17) is 0 Å². The summed E-state index contributed by atoms with van der Waals surface area (Å²) in [6.07, 6.45) is 9.70. The average Bonchev–Trinajstić information content (AvgIpc) is 2.88. The second kappa shape index (κ2) is 8.73. The summed E-state index contributed by atoms with van der Waals surface area (Å²) in [5.74, 6) is 3.68. The predicted molar refractivity (Wildman–Crippen MR) is 88.3 cm³/mol. The molecule has 1 aliphatic heterocycles. The Hall–Kier alpha value is -0.480. The third kappa shape index (κ3) is 5.13. The predicted octanol–water partition coefficient (Wildman–Crippen LogP) is 3.25. The first-order valence-corrected chi connectivity index (χ1v) is 9.23. The van der Waals surface area contributed by atoms with Gasteiger partial charge in [0, 0.05) is 25.0 Å². The number of hydrogen-bond acceptors (Lipinski definition) is 3. The van der Waals surface area contributed by atoms with Crippen LogP contribution >= 0.6 is 11.8 Å². The zero-order valence-corrected chi connectivity index (χ0v) is 13.8. The van der Waals surface area contributed by atoms with Gasteiger partial charge in [0.2, 0.25) is 0 Å². The van der Waals surface area contributed by atoms with Gasteiger partial charge in [-0.15, -0.1) is 0 Å². The quantitative estimate of drug-likeness (QED) is 0.798. The lowest BCUT2D eigenvalue weighted by Gasteiger charge is -2.27. The highest BCUT2D eigenvalue weighted by atomic mass is 32.2. The van der Waals surface area contributed by atoms with Crippen LogP contribution in [0, 0.1) is 5.92 Å². The molecule has 1 fully saturated rings. The second-order valence-electron chi connectivity index (χ2n) is 5.93. The second-order valence-corrected chi connectivity index (χ2v) is 7.15. The lowest BCUT2D eigenvalue weighted by atomic mass is 9.92. The van der Waals surface area contributed by atoms with Crippen LogP contribution in [0.25, 0.3) is 0 Å². The summed E-state index contributed by atoms with van der Waals surface area (Å²) in [5, 5.41) is 8.03. The van der Waals surface area contributed by atoms with E-state index in [0.717, 1.165) is 18.9 Å². The van der Waals surface area contributed by atoms with Crippen molar-refractivity contribution in [2.75, 3.05) is 18.1 Å². The largest absolute Gasteiger partial charge is 0.314 e. The van der Waals surface area contributed by atoms with Gasteiger partial charge in [0.25, 0.3) is 0 Å². The molecule has 2 rings (SSSR count). The van der Waals surface area contributed by atoms with Crippen molar-refractivity contribution in [1.82, 2.24) is 15.1 Å². The Morgan fingerprint density at radius 3 is 2.90 bits per heavy atom. The lowest BCUT2D eigenvalue weighted by Crippen LogP contribution is -2.33. The molecule has 0 bridgehead atoms. The molecule has 20 heavy (non-hydrogen) atoms. The first kappa shape index (κ1) is 15.9. The van der Waals surface area contributed by atoms with E-state index in [2.05, 4.69) is 35.2 Å². The minimum atomic E-state index is 0.679. The number of thioether (sulfide) groups is 1. The molecule has 0 saturated carbocycles. The van der Waals surface area contributed by atoms with Crippen molar-refractivity contribution < 1.29 is 0 Å². The van der Waals surface area contributed by atoms with Crippen molar-refractivity contribution in [2.24, 2.45) is 13.0 Å². The fourth-order valence-electron chi connectivity index (χ4n) is 3.00. The van der Waals surface area contributed by atoms with Crippen molar-refractivity contribution in [1.29, 1.82) is 0 Å². The van der Waals surface area contributed by atoms with Crippen LogP contribution in [0.2, 0.25) is 0 Å². The Morgan fingerprint density at radius 2 is 2.25 bits per heavy atom. The van der Waals surface area contributed by atoms with E-state index in [-0.39, 0.29) is 0 Å². The number of rotatable bonds is 8. The molecule has 1 saturated heterocycles. The molecule has 4 heteroatoms. The fraction of sp³-hybridized carbons (Fsp3) is 0.812. The van der Waals surface area contributed by atoms with Crippen molar-refractivity contribution in [3.63, 3.8) is 0 Å². The van der Waals surface area contributed by atoms with Crippen LogP contribution in [0.5, 0.6) is 0 Å². The Balaban J connectivity index is 1.80. The molecule has 1 aliphatic rings. The summed E-state index contributed by atoms with van der Waals surface area (Å²) in [6.45, 7) is 3.40. The van der Waals surface area contributed by atoms with Crippen molar-refractivity contribution in [2.45, 2.75) is 51.5 Å². The average molecular weight is 295 g/mol. The number of hydrogen-bond donors (Lipinski definition) is 1. The summed E-state index contributed by atoms with van der Waals surface area (Å²) in [4.78, 5) is 0. The molecule has 3 nitrogen and oxygen atoms in total. The molecule has 1 atom stereocenters. The van der Waals surface area contributed by atoms with Crippen LogP contribution < -0.4 is 5.32 Å². The normalized spacial score (nSPS) is 18.3.